The van der Waals surface area contributed by atoms with Gasteiger partial charge < -0.3 is 19.3 Å². The minimum atomic E-state index is -1.41. The lowest BCUT2D eigenvalue weighted by Crippen LogP contribution is -2.44. The van der Waals surface area contributed by atoms with Crippen LogP contribution in [-0.4, -0.2) is 42.8 Å². The highest BCUT2D eigenvalue weighted by atomic mass is 16.5. The van der Waals surface area contributed by atoms with E-state index in [9.17, 15) is 4.79 Å². The van der Waals surface area contributed by atoms with E-state index in [2.05, 4.69) is 10.0 Å². The predicted molar refractivity (Wildman–Crippen MR) is 138 cm³/mol. The quantitative estimate of drug-likeness (QED) is 0.131. The third-order valence-electron chi connectivity index (χ3n) is 6.13. The van der Waals surface area contributed by atoms with Crippen LogP contribution in [0.5, 0.6) is 5.75 Å². The van der Waals surface area contributed by atoms with Crippen molar-refractivity contribution in [3.63, 3.8) is 0 Å². The second-order valence-electron chi connectivity index (χ2n) is 8.53. The van der Waals surface area contributed by atoms with E-state index in [-0.39, 0.29) is 19.6 Å². The Morgan fingerprint density at radius 2 is 1.84 bits per heavy atom. The van der Waals surface area contributed by atoms with Gasteiger partial charge in [-0.2, -0.15) is 0 Å². The fourth-order valence-electron chi connectivity index (χ4n) is 4.36. The van der Waals surface area contributed by atoms with Crippen molar-refractivity contribution in [2.45, 2.75) is 31.0 Å². The molecule has 2 atom stereocenters. The Morgan fingerprint density at radius 3 is 2.54 bits per heavy atom. The number of hydrogen-bond acceptors (Lipinski definition) is 7. The van der Waals surface area contributed by atoms with Crippen LogP contribution in [0.25, 0.3) is 10.4 Å². The van der Waals surface area contributed by atoms with Gasteiger partial charge in [0.15, 0.2) is 6.10 Å². The average molecular weight is 501 g/mol. The van der Waals surface area contributed by atoms with Gasteiger partial charge in [-0.25, -0.2) is 9.79 Å². The summed E-state index contributed by atoms with van der Waals surface area (Å²) >= 11 is 0. The molecule has 4 rings (SSSR count). The first kappa shape index (κ1) is 25.8. The zero-order valence-corrected chi connectivity index (χ0v) is 20.5. The van der Waals surface area contributed by atoms with Gasteiger partial charge in [0.25, 0.3) is 0 Å². The van der Waals surface area contributed by atoms with Crippen molar-refractivity contribution in [3.8, 4) is 5.75 Å². The molecule has 0 bridgehead atoms. The molecule has 0 amide bonds. The molecule has 1 N–H and O–H groups in total. The molecule has 1 aliphatic heterocycles. The van der Waals surface area contributed by atoms with E-state index in [1.54, 1.807) is 12.1 Å². The molecule has 0 saturated carbocycles. The van der Waals surface area contributed by atoms with Gasteiger partial charge >= 0.3 is 5.97 Å². The Labute approximate surface area is 215 Å². The van der Waals surface area contributed by atoms with Gasteiger partial charge in [0.1, 0.15) is 5.75 Å². The number of rotatable bonds is 11. The first-order valence-electron chi connectivity index (χ1n) is 11.9. The van der Waals surface area contributed by atoms with Gasteiger partial charge in [-0.1, -0.05) is 59.7 Å². The summed E-state index contributed by atoms with van der Waals surface area (Å²) < 4.78 is 17.4. The SMILES string of the molecule is COC(=O)[C@]1(Cc2ccccc2)N=C(c2ccc(OCCCO)cc2)O[C@@H]1c1ccccc1CN=[N+]=[N-]. The lowest BCUT2D eigenvalue weighted by atomic mass is 9.81. The Balaban J connectivity index is 1.79. The van der Waals surface area contributed by atoms with E-state index in [0.29, 0.717) is 35.8 Å². The van der Waals surface area contributed by atoms with Gasteiger partial charge in [-0.3, -0.25) is 0 Å². The van der Waals surface area contributed by atoms with Gasteiger partial charge in [0.05, 0.1) is 20.3 Å². The Kier molecular flexibility index (Phi) is 8.40. The molecule has 3 aromatic carbocycles. The van der Waals surface area contributed by atoms with Crippen LogP contribution in [0.4, 0.5) is 0 Å². The van der Waals surface area contributed by atoms with Crippen LogP contribution in [-0.2, 0) is 27.2 Å². The fraction of sp³-hybridized carbons (Fsp3) is 0.286. The summed E-state index contributed by atoms with van der Waals surface area (Å²) in [4.78, 5) is 21.3. The number of carbonyl (C=O) groups is 1. The molecular formula is C28H28N4O5. The van der Waals surface area contributed by atoms with Crippen molar-refractivity contribution >= 4 is 11.9 Å². The number of aliphatic imine (C=N–C) groups is 1. The summed E-state index contributed by atoms with van der Waals surface area (Å²) in [5.41, 5.74) is 10.5. The van der Waals surface area contributed by atoms with Gasteiger partial charge in [0, 0.05) is 29.9 Å². The molecule has 1 heterocycles. The number of methoxy groups -OCH3 is 1. The van der Waals surface area contributed by atoms with Crippen LogP contribution in [0.1, 0.15) is 34.8 Å². The molecule has 3 aromatic rings. The highest BCUT2D eigenvalue weighted by Crippen LogP contribution is 2.44. The molecule has 0 fully saturated rings. The van der Waals surface area contributed by atoms with Crippen molar-refractivity contribution in [2.75, 3.05) is 20.3 Å². The summed E-state index contributed by atoms with van der Waals surface area (Å²) in [6.07, 6.45) is -0.0385. The third kappa shape index (κ3) is 5.74. The highest BCUT2D eigenvalue weighted by molar-refractivity contribution is 6.00. The molecule has 190 valence electrons. The van der Waals surface area contributed by atoms with Crippen LogP contribution in [0.3, 0.4) is 0 Å². The summed E-state index contributed by atoms with van der Waals surface area (Å²) in [6, 6.07) is 24.2. The number of aliphatic hydroxyl groups is 1. The first-order valence-corrected chi connectivity index (χ1v) is 11.9. The predicted octanol–water partition coefficient (Wildman–Crippen LogP) is 4.93. The number of hydrogen-bond donors (Lipinski definition) is 1. The average Bonchev–Trinajstić information content (AvgIpc) is 3.32. The monoisotopic (exact) mass is 500 g/mol. The number of benzene rings is 3. The van der Waals surface area contributed by atoms with E-state index < -0.39 is 17.6 Å². The van der Waals surface area contributed by atoms with Crippen LogP contribution in [0.2, 0.25) is 0 Å². The zero-order valence-electron chi connectivity index (χ0n) is 20.5. The lowest BCUT2D eigenvalue weighted by Gasteiger charge is -2.30. The van der Waals surface area contributed by atoms with Crippen molar-refractivity contribution in [3.05, 3.63) is 112 Å². The van der Waals surface area contributed by atoms with Crippen molar-refractivity contribution in [1.82, 2.24) is 0 Å². The van der Waals surface area contributed by atoms with E-state index in [1.807, 2.05) is 66.7 Å². The molecule has 0 radical (unpaired) electrons. The van der Waals surface area contributed by atoms with Gasteiger partial charge in [-0.05, 0) is 46.5 Å². The molecule has 0 aliphatic carbocycles. The molecule has 0 spiro atoms. The van der Waals surface area contributed by atoms with E-state index in [0.717, 1.165) is 11.1 Å². The van der Waals surface area contributed by atoms with E-state index in [4.69, 9.17) is 29.8 Å². The molecule has 9 nitrogen and oxygen atoms in total. The molecule has 37 heavy (non-hydrogen) atoms. The number of ether oxygens (including phenoxy) is 3. The molecular weight excluding hydrogens is 472 g/mol. The topological polar surface area (TPSA) is 126 Å². The number of carbonyl (C=O) groups excluding carboxylic acids is 1. The van der Waals surface area contributed by atoms with Crippen molar-refractivity contribution < 1.29 is 24.1 Å². The second kappa shape index (κ2) is 12.1. The maximum atomic E-state index is 13.5. The maximum Gasteiger partial charge on any atom is 0.338 e. The van der Waals surface area contributed by atoms with Gasteiger partial charge in [-0.15, -0.1) is 0 Å². The molecule has 0 aromatic heterocycles. The van der Waals surface area contributed by atoms with Crippen molar-refractivity contribution in [1.29, 1.82) is 0 Å². The lowest BCUT2D eigenvalue weighted by molar-refractivity contribution is -0.150. The maximum absolute atomic E-state index is 13.5. The summed E-state index contributed by atoms with van der Waals surface area (Å²) in [7, 11) is 1.34. The third-order valence-corrected chi connectivity index (χ3v) is 6.13. The van der Waals surface area contributed by atoms with Crippen LogP contribution >= 0.6 is 0 Å². The number of azide groups is 1. The molecule has 0 saturated heterocycles. The summed E-state index contributed by atoms with van der Waals surface area (Å²) in [5.74, 6) is 0.418. The second-order valence-corrected chi connectivity index (χ2v) is 8.53. The van der Waals surface area contributed by atoms with Crippen LogP contribution in [0.15, 0.2) is 89.0 Å². The highest BCUT2D eigenvalue weighted by Gasteiger charge is 2.54. The van der Waals surface area contributed by atoms with E-state index in [1.165, 1.54) is 7.11 Å². The summed E-state index contributed by atoms with van der Waals surface area (Å²) in [6.45, 7) is 0.562. The first-order chi connectivity index (χ1) is 18.1. The standard InChI is InChI=1S/C28H28N4O5/c1-35-27(34)28(18-20-8-3-2-4-9-20)25(24-11-6-5-10-22(24)19-30-32-29)37-26(31-28)21-12-14-23(15-13-21)36-17-7-16-33/h2-6,8-15,25,33H,7,16-19H2,1H3/t25-,28-/m1/s1. The molecule has 9 heteroatoms. The van der Waals surface area contributed by atoms with Crippen molar-refractivity contribution in [2.24, 2.45) is 10.1 Å². The van der Waals surface area contributed by atoms with Crippen LogP contribution < -0.4 is 4.74 Å². The summed E-state index contributed by atoms with van der Waals surface area (Å²) in [5, 5.41) is 12.7. The zero-order chi connectivity index (χ0) is 26.1. The largest absolute Gasteiger partial charge is 0.494 e. The smallest absolute Gasteiger partial charge is 0.338 e. The number of nitrogens with zero attached hydrogens (tertiary/aromatic N) is 4. The Hall–Kier alpha value is -4.33. The Bertz CT molecular complexity index is 1290. The van der Waals surface area contributed by atoms with Crippen LogP contribution in [0, 0.1) is 0 Å². The minimum Gasteiger partial charge on any atom is -0.494 e. The number of esters is 1. The minimum absolute atomic E-state index is 0.0578. The number of aliphatic hydroxyl groups excluding tert-OH is 1. The van der Waals surface area contributed by atoms with Gasteiger partial charge in [0.2, 0.25) is 11.4 Å². The molecule has 1 aliphatic rings. The normalized spacial score (nSPS) is 18.3. The fourth-order valence-corrected chi connectivity index (χ4v) is 4.36. The van der Waals surface area contributed by atoms with E-state index >= 15 is 0 Å². The Morgan fingerprint density at radius 1 is 1.11 bits per heavy atom. The molecule has 0 unspecified atom stereocenters.